The van der Waals surface area contributed by atoms with Crippen LogP contribution in [0.5, 0.6) is 0 Å². The van der Waals surface area contributed by atoms with Crippen LogP contribution in [0, 0.1) is 11.8 Å². The van der Waals surface area contributed by atoms with Crippen molar-refractivity contribution in [2.24, 2.45) is 11.8 Å². The van der Waals surface area contributed by atoms with E-state index in [2.05, 4.69) is 9.80 Å². The van der Waals surface area contributed by atoms with Crippen LogP contribution in [0.2, 0.25) is 0 Å². The molecule has 430 valence electrons. The standard InChI is InChI=1S/C58H74N8O12S2/c1-43(2)53(55(67)59-71)65(79(73,74)51-22-18-47(19-23-51)45-12-7-5-8-13-45)36-40-77-38-34-61-26-30-63(31-27-61)57(69)49-16-11-17-50(42-49)58(70)64-32-28-62(29-33-64)35-39-78-41-37-66(54(44(3)4)56(68)60-72)80(75,76)52-24-20-48(21-25-52)46-14-9-6-10-15-46/h5-25,42-44,53-54,71-72H,26-41H2,1-4H3,(H,59,67)(H,60,68)/t53-,54-/m1/s1. The first-order valence-corrected chi connectivity index (χ1v) is 29.8. The van der Waals surface area contributed by atoms with Crippen molar-refractivity contribution in [1.82, 2.24) is 39.2 Å². The molecule has 0 unspecified atom stereocenters. The van der Waals surface area contributed by atoms with Crippen LogP contribution in [0.3, 0.4) is 0 Å². The number of hydrogen-bond acceptors (Lipinski definition) is 14. The second-order valence-electron chi connectivity index (χ2n) is 20.4. The van der Waals surface area contributed by atoms with Gasteiger partial charge in [0, 0.05) is 89.7 Å². The fourth-order valence-electron chi connectivity index (χ4n) is 10.1. The summed E-state index contributed by atoms with van der Waals surface area (Å²) in [7, 11) is -8.41. The van der Waals surface area contributed by atoms with Gasteiger partial charge in [-0.3, -0.25) is 39.4 Å². The molecule has 22 heteroatoms. The minimum atomic E-state index is -4.20. The van der Waals surface area contributed by atoms with Crippen molar-refractivity contribution in [2.45, 2.75) is 49.6 Å². The zero-order valence-corrected chi connectivity index (χ0v) is 47.4. The lowest BCUT2D eigenvalue weighted by Crippen LogP contribution is -2.52. The van der Waals surface area contributed by atoms with Gasteiger partial charge in [0.25, 0.3) is 23.6 Å². The molecule has 0 radical (unpaired) electrons. The zero-order chi connectivity index (χ0) is 57.4. The number of ether oxygens (including phenoxy) is 2. The lowest BCUT2D eigenvalue weighted by Gasteiger charge is -2.35. The predicted molar refractivity (Wildman–Crippen MR) is 301 cm³/mol. The molecule has 5 aromatic carbocycles. The highest BCUT2D eigenvalue weighted by molar-refractivity contribution is 7.89. The Morgan fingerprint density at radius 3 is 1.14 bits per heavy atom. The normalized spacial score (nSPS) is 15.6. The van der Waals surface area contributed by atoms with E-state index in [0.29, 0.717) is 76.6 Å². The zero-order valence-electron chi connectivity index (χ0n) is 45.8. The van der Waals surface area contributed by atoms with E-state index in [9.17, 15) is 46.4 Å². The van der Waals surface area contributed by atoms with E-state index in [1.165, 1.54) is 24.3 Å². The van der Waals surface area contributed by atoms with Crippen molar-refractivity contribution < 1.29 is 55.9 Å². The number of hydroxylamine groups is 2. The second kappa shape index (κ2) is 28.8. The summed E-state index contributed by atoms with van der Waals surface area (Å²) in [5.41, 5.74) is 7.60. The van der Waals surface area contributed by atoms with E-state index in [4.69, 9.17) is 9.47 Å². The van der Waals surface area contributed by atoms with Crippen LogP contribution >= 0.6 is 0 Å². The quantitative estimate of drug-likeness (QED) is 0.0324. The van der Waals surface area contributed by atoms with Gasteiger partial charge in [-0.1, -0.05) is 119 Å². The highest BCUT2D eigenvalue weighted by Gasteiger charge is 2.39. The van der Waals surface area contributed by atoms with Crippen LogP contribution in [-0.4, -0.2) is 196 Å². The third-order valence-electron chi connectivity index (χ3n) is 14.5. The van der Waals surface area contributed by atoms with Crippen LogP contribution in [0.1, 0.15) is 48.4 Å². The molecule has 4 N–H and O–H groups in total. The summed E-state index contributed by atoms with van der Waals surface area (Å²) < 4.78 is 70.3. The van der Waals surface area contributed by atoms with Gasteiger partial charge in [-0.15, -0.1) is 0 Å². The molecule has 2 aliphatic heterocycles. The number of benzene rings is 5. The van der Waals surface area contributed by atoms with Gasteiger partial charge in [0.15, 0.2) is 0 Å². The molecule has 0 bridgehead atoms. The smallest absolute Gasteiger partial charge is 0.262 e. The molecule has 2 aliphatic rings. The van der Waals surface area contributed by atoms with Crippen molar-refractivity contribution in [2.75, 3.05) is 105 Å². The lowest BCUT2D eigenvalue weighted by atomic mass is 10.0. The van der Waals surface area contributed by atoms with Crippen LogP contribution in [-0.2, 0) is 39.1 Å². The molecule has 0 spiro atoms. The van der Waals surface area contributed by atoms with Crippen LogP contribution in [0.15, 0.2) is 143 Å². The lowest BCUT2D eigenvalue weighted by molar-refractivity contribution is -0.135. The fraction of sp³-hybridized carbons (Fsp3) is 0.414. The first kappa shape index (κ1) is 61.2. The number of piperazine rings is 2. The van der Waals surface area contributed by atoms with E-state index in [1.807, 2.05) is 60.7 Å². The van der Waals surface area contributed by atoms with Gasteiger partial charge in [-0.05, 0) is 76.6 Å². The molecule has 0 aliphatic carbocycles. The molecule has 20 nitrogen and oxygen atoms in total. The Morgan fingerprint density at radius 2 is 0.812 bits per heavy atom. The maximum atomic E-state index is 14.1. The van der Waals surface area contributed by atoms with E-state index < -0.39 is 55.8 Å². The van der Waals surface area contributed by atoms with Crippen molar-refractivity contribution in [3.8, 4) is 22.3 Å². The average Bonchev–Trinajstić information content (AvgIpc) is 3.56. The molecule has 5 aromatic rings. The van der Waals surface area contributed by atoms with E-state index in [1.54, 1.807) is 97.0 Å². The number of nitrogens with zero attached hydrogens (tertiary/aromatic N) is 6. The second-order valence-corrected chi connectivity index (χ2v) is 24.2. The fourth-order valence-corrected chi connectivity index (χ4v) is 13.5. The van der Waals surface area contributed by atoms with Crippen molar-refractivity contribution in [1.29, 1.82) is 0 Å². The Balaban J connectivity index is 0.836. The molecule has 2 saturated heterocycles. The van der Waals surface area contributed by atoms with Crippen LogP contribution in [0.25, 0.3) is 22.3 Å². The number of hydrogen-bond donors (Lipinski definition) is 4. The molecule has 2 fully saturated rings. The molecule has 2 atom stereocenters. The van der Waals surface area contributed by atoms with Gasteiger partial charge in [0.2, 0.25) is 20.0 Å². The van der Waals surface area contributed by atoms with Gasteiger partial charge >= 0.3 is 0 Å². The van der Waals surface area contributed by atoms with Gasteiger partial charge in [0.1, 0.15) is 12.1 Å². The van der Waals surface area contributed by atoms with Gasteiger partial charge in [-0.2, -0.15) is 8.61 Å². The maximum Gasteiger partial charge on any atom is 0.262 e. The number of rotatable bonds is 26. The average molecular weight is 1140 g/mol. The Morgan fingerprint density at radius 1 is 0.475 bits per heavy atom. The largest absolute Gasteiger partial charge is 0.379 e. The third kappa shape index (κ3) is 15.5. The molecular weight excluding hydrogens is 1060 g/mol. The molecule has 4 amide bonds. The molecule has 80 heavy (non-hydrogen) atoms. The van der Waals surface area contributed by atoms with Crippen molar-refractivity contribution in [3.05, 3.63) is 145 Å². The molecule has 7 rings (SSSR count). The summed E-state index contributed by atoms with van der Waals surface area (Å²) in [5.74, 6) is -3.02. The van der Waals surface area contributed by atoms with Gasteiger partial charge in [0.05, 0.1) is 36.2 Å². The molecule has 2 heterocycles. The summed E-state index contributed by atoms with van der Waals surface area (Å²) in [4.78, 5) is 61.0. The number of carbonyl (C=O) groups excluding carboxylic acids is 4. The summed E-state index contributed by atoms with van der Waals surface area (Å²) >= 11 is 0. The number of amides is 4. The SMILES string of the molecule is CC(C)[C@H](C(=O)NO)N(CCOCCN1CCN(C(=O)c2cccc(C(=O)N3CCN(CCOCCN([C@@H](C(=O)NO)C(C)C)S(=O)(=O)c4ccc(-c5ccccc5)cc4)CC3)c2)CC1)S(=O)(=O)c1ccc(-c2ccccc2)cc1. The minimum absolute atomic E-state index is 0.00420. The topological polar surface area (TPSA) is 239 Å². The Hall–Kier alpha value is -6.44. The highest BCUT2D eigenvalue weighted by Crippen LogP contribution is 2.28. The highest BCUT2D eigenvalue weighted by atomic mass is 32.2. The number of nitrogens with one attached hydrogen (secondary N) is 2. The third-order valence-corrected chi connectivity index (χ3v) is 18.3. The Labute approximate surface area is 469 Å². The first-order valence-electron chi connectivity index (χ1n) is 27.0. The number of sulfonamides is 2. The van der Waals surface area contributed by atoms with Crippen molar-refractivity contribution >= 4 is 43.7 Å². The van der Waals surface area contributed by atoms with Gasteiger partial charge < -0.3 is 19.3 Å². The molecular formula is C58H74N8O12S2. The summed E-state index contributed by atoms with van der Waals surface area (Å²) in [6.45, 7) is 12.2. The monoisotopic (exact) mass is 1140 g/mol. The molecule has 0 saturated carbocycles. The number of carbonyl (C=O) groups is 4. The van der Waals surface area contributed by atoms with E-state index >= 15 is 0 Å². The van der Waals surface area contributed by atoms with Crippen molar-refractivity contribution in [3.63, 3.8) is 0 Å². The van der Waals surface area contributed by atoms with E-state index in [0.717, 1.165) is 30.9 Å². The predicted octanol–water partition coefficient (Wildman–Crippen LogP) is 5.01. The van der Waals surface area contributed by atoms with Gasteiger partial charge in [-0.25, -0.2) is 27.8 Å². The first-order chi connectivity index (χ1) is 38.4. The minimum Gasteiger partial charge on any atom is -0.379 e. The summed E-state index contributed by atoms with van der Waals surface area (Å²) in [5, 5.41) is 19.1. The van der Waals surface area contributed by atoms with E-state index in [-0.39, 0.29) is 61.1 Å². The Kier molecular flexibility index (Phi) is 22.0. The summed E-state index contributed by atoms with van der Waals surface area (Å²) in [6.07, 6.45) is 0. The van der Waals surface area contributed by atoms with Crippen LogP contribution < -0.4 is 11.0 Å². The summed E-state index contributed by atoms with van der Waals surface area (Å²) in [6, 6.07) is 36.3. The Bertz CT molecular complexity index is 2850. The maximum absolute atomic E-state index is 14.1. The van der Waals surface area contributed by atoms with Crippen LogP contribution in [0.4, 0.5) is 0 Å². The molecule has 0 aromatic heterocycles.